The predicted octanol–water partition coefficient (Wildman–Crippen LogP) is 1.52. The molecule has 1 aliphatic heterocycles. The largest absolute Gasteiger partial charge is 0.396 e. The lowest BCUT2D eigenvalue weighted by atomic mass is 10.1. The molecule has 1 unspecified atom stereocenters. The van der Waals surface area contributed by atoms with Crippen molar-refractivity contribution in [1.29, 1.82) is 0 Å². The summed E-state index contributed by atoms with van der Waals surface area (Å²) < 4.78 is 0. The molecule has 2 heterocycles. The third kappa shape index (κ3) is 2.77. The topological polar surface area (TPSA) is 36.4 Å². The number of thiazole rings is 1. The van der Waals surface area contributed by atoms with Crippen LogP contribution >= 0.6 is 11.3 Å². The maximum absolute atomic E-state index is 9.06. The maximum atomic E-state index is 9.06. The van der Waals surface area contributed by atoms with Gasteiger partial charge in [0.1, 0.15) is 0 Å². The van der Waals surface area contributed by atoms with Gasteiger partial charge in [-0.15, -0.1) is 11.3 Å². The Morgan fingerprint density at radius 2 is 2.53 bits per heavy atom. The molecule has 1 aromatic heterocycles. The minimum absolute atomic E-state index is 0.333. The Kier molecular flexibility index (Phi) is 3.72. The molecule has 0 spiro atoms. The molecule has 1 fully saturated rings. The van der Waals surface area contributed by atoms with Crippen molar-refractivity contribution < 1.29 is 5.11 Å². The molecular weight excluding hydrogens is 208 g/mol. The van der Waals surface area contributed by atoms with Gasteiger partial charge in [-0.3, -0.25) is 4.90 Å². The van der Waals surface area contributed by atoms with Crippen molar-refractivity contribution >= 4 is 11.3 Å². The van der Waals surface area contributed by atoms with Gasteiger partial charge in [0, 0.05) is 30.8 Å². The smallest absolute Gasteiger partial charge is 0.0925 e. The number of aliphatic hydroxyl groups excluding tert-OH is 1. The Morgan fingerprint density at radius 1 is 1.67 bits per heavy atom. The fraction of sp³-hybridized carbons (Fsp3) is 0.727. The summed E-state index contributed by atoms with van der Waals surface area (Å²) in [7, 11) is 0. The van der Waals surface area contributed by atoms with Crippen LogP contribution in [-0.2, 0) is 13.0 Å². The number of hydrogen-bond donors (Lipinski definition) is 1. The highest BCUT2D eigenvalue weighted by molar-refractivity contribution is 7.11. The fourth-order valence-corrected chi connectivity index (χ4v) is 2.92. The lowest BCUT2D eigenvalue weighted by molar-refractivity contribution is 0.220. The van der Waals surface area contributed by atoms with Crippen molar-refractivity contribution in [3.63, 3.8) is 0 Å². The second-order valence-electron chi connectivity index (χ2n) is 4.15. The molecule has 4 heteroatoms. The zero-order valence-electron chi connectivity index (χ0n) is 9.15. The maximum Gasteiger partial charge on any atom is 0.0925 e. The summed E-state index contributed by atoms with van der Waals surface area (Å²) in [5.41, 5.74) is 0. The van der Waals surface area contributed by atoms with Crippen LogP contribution in [0, 0.1) is 5.92 Å². The highest BCUT2D eigenvalue weighted by atomic mass is 32.1. The van der Waals surface area contributed by atoms with Gasteiger partial charge in [0.2, 0.25) is 0 Å². The molecule has 0 radical (unpaired) electrons. The van der Waals surface area contributed by atoms with E-state index in [0.29, 0.717) is 12.5 Å². The van der Waals surface area contributed by atoms with Gasteiger partial charge in [0.05, 0.1) is 5.01 Å². The summed E-state index contributed by atoms with van der Waals surface area (Å²) in [6.07, 6.45) is 4.16. The molecule has 0 bridgehead atoms. The molecule has 1 N–H and O–H groups in total. The molecule has 1 aromatic rings. The quantitative estimate of drug-likeness (QED) is 0.845. The second kappa shape index (κ2) is 5.05. The SMILES string of the molecule is CCc1ncc(CN2CCC(CO)C2)s1. The Balaban J connectivity index is 1.87. The van der Waals surface area contributed by atoms with Crippen LogP contribution < -0.4 is 0 Å². The van der Waals surface area contributed by atoms with E-state index in [1.54, 1.807) is 0 Å². The Labute approximate surface area is 94.8 Å². The molecule has 0 aliphatic carbocycles. The number of aromatic nitrogens is 1. The third-order valence-corrected chi connectivity index (χ3v) is 4.04. The first-order valence-corrected chi connectivity index (χ1v) is 6.40. The fourth-order valence-electron chi connectivity index (χ4n) is 2.01. The van der Waals surface area contributed by atoms with Crippen molar-refractivity contribution in [3.8, 4) is 0 Å². The standard InChI is InChI=1S/C11H18N2OS/c1-2-11-12-5-10(15-11)7-13-4-3-9(6-13)8-14/h5,9,14H,2-4,6-8H2,1H3. The summed E-state index contributed by atoms with van der Waals surface area (Å²) in [4.78, 5) is 8.12. The van der Waals surface area contributed by atoms with Gasteiger partial charge in [0.15, 0.2) is 0 Å². The number of nitrogens with zero attached hydrogens (tertiary/aromatic N) is 2. The van der Waals surface area contributed by atoms with Gasteiger partial charge < -0.3 is 5.11 Å². The number of aliphatic hydroxyl groups is 1. The average molecular weight is 226 g/mol. The van der Waals surface area contributed by atoms with Crippen LogP contribution in [-0.4, -0.2) is 34.7 Å². The van der Waals surface area contributed by atoms with E-state index in [-0.39, 0.29) is 0 Å². The molecule has 1 atom stereocenters. The molecular formula is C11H18N2OS. The normalized spacial score (nSPS) is 22.4. The van der Waals surface area contributed by atoms with Crippen LogP contribution in [0.5, 0.6) is 0 Å². The minimum Gasteiger partial charge on any atom is -0.396 e. The monoisotopic (exact) mass is 226 g/mol. The van der Waals surface area contributed by atoms with E-state index >= 15 is 0 Å². The lowest BCUT2D eigenvalue weighted by Gasteiger charge is -2.13. The number of aryl methyl sites for hydroxylation is 1. The van der Waals surface area contributed by atoms with Crippen molar-refractivity contribution in [2.75, 3.05) is 19.7 Å². The van der Waals surface area contributed by atoms with Crippen LogP contribution in [0.3, 0.4) is 0 Å². The summed E-state index contributed by atoms with van der Waals surface area (Å²) in [6, 6.07) is 0. The number of hydrogen-bond acceptors (Lipinski definition) is 4. The summed E-state index contributed by atoms with van der Waals surface area (Å²) in [6.45, 7) is 5.63. The molecule has 15 heavy (non-hydrogen) atoms. The van der Waals surface area contributed by atoms with E-state index in [2.05, 4.69) is 16.8 Å². The second-order valence-corrected chi connectivity index (χ2v) is 5.35. The third-order valence-electron chi connectivity index (χ3n) is 2.91. The minimum atomic E-state index is 0.333. The number of rotatable bonds is 4. The summed E-state index contributed by atoms with van der Waals surface area (Å²) >= 11 is 1.81. The first-order valence-electron chi connectivity index (χ1n) is 5.58. The molecule has 1 aliphatic rings. The predicted molar refractivity (Wildman–Crippen MR) is 62.0 cm³/mol. The van der Waals surface area contributed by atoms with E-state index in [0.717, 1.165) is 32.5 Å². The molecule has 84 valence electrons. The van der Waals surface area contributed by atoms with Crippen molar-refractivity contribution in [2.24, 2.45) is 5.92 Å². The molecule has 3 nitrogen and oxygen atoms in total. The summed E-state index contributed by atoms with van der Waals surface area (Å²) in [5.74, 6) is 0.489. The van der Waals surface area contributed by atoms with Crippen LogP contribution in [0.15, 0.2) is 6.20 Å². The van der Waals surface area contributed by atoms with Crippen LogP contribution in [0.25, 0.3) is 0 Å². The molecule has 1 saturated heterocycles. The summed E-state index contributed by atoms with van der Waals surface area (Å²) in [5, 5.41) is 10.3. The van der Waals surface area contributed by atoms with Gasteiger partial charge in [0.25, 0.3) is 0 Å². The average Bonchev–Trinajstić information content (AvgIpc) is 2.87. The zero-order valence-corrected chi connectivity index (χ0v) is 9.96. The van der Waals surface area contributed by atoms with Gasteiger partial charge in [-0.2, -0.15) is 0 Å². The highest BCUT2D eigenvalue weighted by Gasteiger charge is 2.21. The Bertz CT molecular complexity index is 313. The molecule has 2 rings (SSSR count). The molecule has 0 aromatic carbocycles. The first kappa shape index (κ1) is 11.0. The van der Waals surface area contributed by atoms with Crippen LogP contribution in [0.2, 0.25) is 0 Å². The van der Waals surface area contributed by atoms with E-state index in [1.807, 2.05) is 17.5 Å². The first-order chi connectivity index (χ1) is 7.31. The lowest BCUT2D eigenvalue weighted by Crippen LogP contribution is -2.20. The highest BCUT2D eigenvalue weighted by Crippen LogP contribution is 2.21. The van der Waals surface area contributed by atoms with Crippen LogP contribution in [0.4, 0.5) is 0 Å². The van der Waals surface area contributed by atoms with E-state index < -0.39 is 0 Å². The van der Waals surface area contributed by atoms with Gasteiger partial charge in [-0.05, 0) is 25.3 Å². The molecule has 0 amide bonds. The zero-order chi connectivity index (χ0) is 10.7. The van der Waals surface area contributed by atoms with Gasteiger partial charge in [-0.25, -0.2) is 4.98 Å². The van der Waals surface area contributed by atoms with Gasteiger partial charge >= 0.3 is 0 Å². The van der Waals surface area contributed by atoms with Crippen molar-refractivity contribution in [1.82, 2.24) is 9.88 Å². The molecule has 0 saturated carbocycles. The van der Waals surface area contributed by atoms with Crippen molar-refractivity contribution in [2.45, 2.75) is 26.3 Å². The van der Waals surface area contributed by atoms with Gasteiger partial charge in [-0.1, -0.05) is 6.92 Å². The van der Waals surface area contributed by atoms with Crippen molar-refractivity contribution in [3.05, 3.63) is 16.1 Å². The van der Waals surface area contributed by atoms with E-state index in [1.165, 1.54) is 9.88 Å². The number of likely N-dealkylation sites (tertiary alicyclic amines) is 1. The van der Waals surface area contributed by atoms with Crippen LogP contribution in [0.1, 0.15) is 23.2 Å². The van der Waals surface area contributed by atoms with E-state index in [4.69, 9.17) is 5.11 Å². The Hall–Kier alpha value is -0.450. The van der Waals surface area contributed by atoms with E-state index in [9.17, 15) is 0 Å². The Morgan fingerprint density at radius 3 is 3.13 bits per heavy atom.